The highest BCUT2D eigenvalue weighted by molar-refractivity contribution is 5.70. The number of aromatic nitrogens is 1. The molecular formula is C14H17N. The molecule has 1 rings (SSSR count). The number of nitrogens with zero attached hydrogens (tertiary/aromatic N) is 1. The van der Waals surface area contributed by atoms with Crippen molar-refractivity contribution in [2.75, 3.05) is 0 Å². The van der Waals surface area contributed by atoms with Crippen molar-refractivity contribution in [3.8, 4) is 0 Å². The van der Waals surface area contributed by atoms with Gasteiger partial charge in [-0.3, -0.25) is 4.98 Å². The molecule has 1 heteroatoms. The Bertz CT molecular complexity index is 492. The van der Waals surface area contributed by atoms with Gasteiger partial charge >= 0.3 is 0 Å². The summed E-state index contributed by atoms with van der Waals surface area (Å²) in [7, 11) is 0. The molecule has 0 saturated heterocycles. The standard InChI is InChI=1S/C14H17N/c1-5-11(4)13(7-3)14-12(6-2)9-8-10-15-14/h5-10H,3H2,1-2,4H3/b11-5?,12-6-,14-13-. The van der Waals surface area contributed by atoms with Crippen LogP contribution in [-0.2, 0) is 0 Å². The fourth-order valence-corrected chi connectivity index (χ4v) is 1.48. The lowest BCUT2D eigenvalue weighted by Gasteiger charge is -2.01. The molecule has 0 amide bonds. The van der Waals surface area contributed by atoms with Crippen LogP contribution in [0.5, 0.6) is 0 Å². The maximum atomic E-state index is 4.41. The van der Waals surface area contributed by atoms with Crippen molar-refractivity contribution in [2.24, 2.45) is 0 Å². The van der Waals surface area contributed by atoms with Gasteiger partial charge in [0, 0.05) is 11.8 Å². The molecule has 1 heterocycles. The van der Waals surface area contributed by atoms with Crippen molar-refractivity contribution in [1.29, 1.82) is 0 Å². The second kappa shape index (κ2) is 5.30. The van der Waals surface area contributed by atoms with E-state index in [2.05, 4.69) is 36.7 Å². The van der Waals surface area contributed by atoms with E-state index in [1.54, 1.807) is 0 Å². The van der Waals surface area contributed by atoms with Crippen LogP contribution in [0.4, 0.5) is 0 Å². The van der Waals surface area contributed by atoms with Gasteiger partial charge in [0.2, 0.25) is 0 Å². The zero-order valence-corrected chi connectivity index (χ0v) is 9.62. The van der Waals surface area contributed by atoms with Crippen LogP contribution < -0.4 is 10.6 Å². The summed E-state index contributed by atoms with van der Waals surface area (Å²) < 4.78 is 0. The van der Waals surface area contributed by atoms with Crippen LogP contribution in [0, 0.1) is 0 Å². The summed E-state index contributed by atoms with van der Waals surface area (Å²) in [6.45, 7) is 9.97. The molecular weight excluding hydrogens is 182 g/mol. The molecule has 0 aliphatic heterocycles. The van der Waals surface area contributed by atoms with Crippen molar-refractivity contribution in [3.05, 3.63) is 53.2 Å². The van der Waals surface area contributed by atoms with Crippen molar-refractivity contribution in [1.82, 2.24) is 4.98 Å². The highest BCUT2D eigenvalue weighted by Gasteiger charge is 1.97. The largest absolute Gasteiger partial charge is 0.256 e. The molecule has 1 aromatic rings. The van der Waals surface area contributed by atoms with Crippen LogP contribution in [0.3, 0.4) is 0 Å². The van der Waals surface area contributed by atoms with E-state index in [9.17, 15) is 0 Å². The van der Waals surface area contributed by atoms with Gasteiger partial charge in [-0.25, -0.2) is 0 Å². The van der Waals surface area contributed by atoms with Gasteiger partial charge in [-0.05, 0) is 37.6 Å². The maximum Gasteiger partial charge on any atom is 0.0773 e. The van der Waals surface area contributed by atoms with Crippen LogP contribution in [0.1, 0.15) is 20.8 Å². The molecule has 0 saturated carbocycles. The van der Waals surface area contributed by atoms with Gasteiger partial charge in [0.25, 0.3) is 0 Å². The Hall–Kier alpha value is -1.63. The van der Waals surface area contributed by atoms with Gasteiger partial charge in [-0.2, -0.15) is 0 Å². The Balaban J connectivity index is 3.72. The Morgan fingerprint density at radius 1 is 1.40 bits per heavy atom. The van der Waals surface area contributed by atoms with E-state index in [1.807, 2.05) is 32.2 Å². The summed E-state index contributed by atoms with van der Waals surface area (Å²) in [6, 6.07) is 4.01. The number of hydrogen-bond donors (Lipinski definition) is 0. The number of hydrogen-bond acceptors (Lipinski definition) is 1. The molecule has 0 atom stereocenters. The van der Waals surface area contributed by atoms with E-state index < -0.39 is 0 Å². The predicted molar refractivity (Wildman–Crippen MR) is 66.7 cm³/mol. The molecule has 78 valence electrons. The lowest BCUT2D eigenvalue weighted by molar-refractivity contribution is 1.20. The average molecular weight is 199 g/mol. The molecule has 0 spiro atoms. The highest BCUT2D eigenvalue weighted by Crippen LogP contribution is 2.07. The maximum absolute atomic E-state index is 4.41. The lowest BCUT2D eigenvalue weighted by atomic mass is 10.1. The summed E-state index contributed by atoms with van der Waals surface area (Å²) in [5, 5.41) is 2.15. The molecule has 1 aromatic heterocycles. The van der Waals surface area contributed by atoms with Crippen LogP contribution >= 0.6 is 0 Å². The van der Waals surface area contributed by atoms with E-state index in [0.717, 1.165) is 16.1 Å². The van der Waals surface area contributed by atoms with E-state index in [0.29, 0.717) is 0 Å². The molecule has 1 nitrogen and oxygen atoms in total. The fourth-order valence-electron chi connectivity index (χ4n) is 1.48. The summed E-state index contributed by atoms with van der Waals surface area (Å²) >= 11 is 0. The van der Waals surface area contributed by atoms with Crippen molar-refractivity contribution in [2.45, 2.75) is 20.8 Å². The zero-order chi connectivity index (χ0) is 11.3. The Morgan fingerprint density at radius 3 is 2.67 bits per heavy atom. The first-order valence-electron chi connectivity index (χ1n) is 5.12. The number of pyridine rings is 1. The summed E-state index contributed by atoms with van der Waals surface area (Å²) in [4.78, 5) is 4.41. The molecule has 0 N–H and O–H groups in total. The van der Waals surface area contributed by atoms with Gasteiger partial charge in [-0.15, -0.1) is 0 Å². The average Bonchev–Trinajstić information content (AvgIpc) is 2.30. The van der Waals surface area contributed by atoms with Crippen LogP contribution in [0.25, 0.3) is 11.6 Å². The minimum atomic E-state index is 1.01. The molecule has 0 unspecified atom stereocenters. The second-order valence-corrected chi connectivity index (χ2v) is 3.32. The first-order valence-corrected chi connectivity index (χ1v) is 5.12. The van der Waals surface area contributed by atoms with Crippen LogP contribution in [0.2, 0.25) is 0 Å². The fraction of sp³-hybridized carbons (Fsp3) is 0.214. The number of allylic oxidation sites excluding steroid dienone is 3. The van der Waals surface area contributed by atoms with Gasteiger partial charge in [0.05, 0.1) is 5.35 Å². The molecule has 15 heavy (non-hydrogen) atoms. The molecule has 0 bridgehead atoms. The Kier molecular flexibility index (Phi) is 4.04. The summed E-state index contributed by atoms with van der Waals surface area (Å²) in [6.07, 6.45) is 7.82. The van der Waals surface area contributed by atoms with E-state index in [4.69, 9.17) is 0 Å². The van der Waals surface area contributed by atoms with E-state index in [1.165, 1.54) is 5.57 Å². The first kappa shape index (κ1) is 11.4. The topological polar surface area (TPSA) is 12.9 Å². The third-order valence-corrected chi connectivity index (χ3v) is 2.47. The van der Waals surface area contributed by atoms with E-state index in [-0.39, 0.29) is 0 Å². The predicted octanol–water partition coefficient (Wildman–Crippen LogP) is 2.18. The van der Waals surface area contributed by atoms with Crippen LogP contribution in [0.15, 0.2) is 42.6 Å². The smallest absolute Gasteiger partial charge is 0.0773 e. The molecule has 0 fully saturated rings. The minimum Gasteiger partial charge on any atom is -0.256 e. The van der Waals surface area contributed by atoms with Crippen molar-refractivity contribution in [3.63, 3.8) is 0 Å². The lowest BCUT2D eigenvalue weighted by Crippen LogP contribution is -2.29. The molecule has 0 aromatic carbocycles. The Morgan fingerprint density at radius 2 is 2.13 bits per heavy atom. The monoisotopic (exact) mass is 199 g/mol. The SMILES string of the molecule is C=C/C(C(C)=CC)=c1/nccc/c1=C/C. The first-order chi connectivity index (χ1) is 7.24. The zero-order valence-electron chi connectivity index (χ0n) is 9.62. The van der Waals surface area contributed by atoms with Gasteiger partial charge in [0.15, 0.2) is 0 Å². The van der Waals surface area contributed by atoms with Crippen molar-refractivity contribution < 1.29 is 0 Å². The summed E-state index contributed by atoms with van der Waals surface area (Å²) in [5.41, 5.74) is 2.30. The van der Waals surface area contributed by atoms with Gasteiger partial charge in [-0.1, -0.05) is 30.9 Å². The molecule has 0 aliphatic carbocycles. The molecule has 0 radical (unpaired) electrons. The van der Waals surface area contributed by atoms with Gasteiger partial charge < -0.3 is 0 Å². The quantitative estimate of drug-likeness (QED) is 0.711. The Labute approximate surface area is 91.2 Å². The van der Waals surface area contributed by atoms with Crippen molar-refractivity contribution >= 4 is 11.6 Å². The third-order valence-electron chi connectivity index (χ3n) is 2.47. The van der Waals surface area contributed by atoms with Crippen LogP contribution in [-0.4, -0.2) is 4.98 Å². The highest BCUT2D eigenvalue weighted by atomic mass is 14.6. The summed E-state index contributed by atoms with van der Waals surface area (Å²) in [5.74, 6) is 0. The second-order valence-electron chi connectivity index (χ2n) is 3.32. The normalized spacial score (nSPS) is 15.1. The minimum absolute atomic E-state index is 1.01. The van der Waals surface area contributed by atoms with Gasteiger partial charge in [0.1, 0.15) is 0 Å². The third kappa shape index (κ3) is 2.44. The van der Waals surface area contributed by atoms with E-state index >= 15 is 0 Å². The number of rotatable bonds is 2. The molecule has 0 aliphatic rings.